The lowest BCUT2D eigenvalue weighted by atomic mass is 9.83. The summed E-state index contributed by atoms with van der Waals surface area (Å²) >= 11 is 0. The normalized spacial score (nSPS) is 15.5. The molecule has 6 aromatic rings. The first-order valence-electron chi connectivity index (χ1n) is 18.6. The van der Waals surface area contributed by atoms with E-state index >= 15 is 0 Å². The minimum absolute atomic E-state index is 0.00201. The fraction of sp³-hybridized carbons (Fsp3) is 0.262. The summed E-state index contributed by atoms with van der Waals surface area (Å²) in [5, 5.41) is 35.8. The Morgan fingerprint density at radius 1 is 0.934 bits per heavy atom. The SMILES string of the molecule is Cn1ncnc1[C@H]1c2n[nH]c(=O)c3cc(F)cc(c23)N[C@@H]1c1ccc(OCCOCCOC(C)(COc2ccc(C#N)cc2)C(=O)Nc2ccc(C#N)c(C(F)(F)F)c2)cc1. The molecule has 1 unspecified atom stereocenters. The molecule has 3 heterocycles. The molecule has 1 aliphatic heterocycles. The number of hydrogen-bond acceptors (Lipinski definition) is 12. The van der Waals surface area contributed by atoms with Gasteiger partial charge < -0.3 is 29.6 Å². The Balaban J connectivity index is 0.962. The number of carbonyl (C=O) groups is 1. The van der Waals surface area contributed by atoms with Crippen molar-refractivity contribution in [1.29, 1.82) is 10.5 Å². The highest BCUT2D eigenvalue weighted by molar-refractivity contribution is 5.98. The van der Waals surface area contributed by atoms with Crippen molar-refractivity contribution in [3.63, 3.8) is 0 Å². The van der Waals surface area contributed by atoms with Crippen LogP contribution in [-0.4, -0.2) is 69.5 Å². The van der Waals surface area contributed by atoms with Crippen LogP contribution in [-0.2, 0) is 27.5 Å². The number of alkyl halides is 3. The summed E-state index contributed by atoms with van der Waals surface area (Å²) in [5.74, 6) is -0.511. The molecule has 2 aromatic heterocycles. The molecule has 7 rings (SSSR count). The third-order valence-electron chi connectivity index (χ3n) is 9.91. The first kappa shape index (κ1) is 41.8. The van der Waals surface area contributed by atoms with Crippen LogP contribution in [0.3, 0.4) is 0 Å². The minimum atomic E-state index is -4.84. The zero-order chi connectivity index (χ0) is 43.3. The Hall–Kier alpha value is -7.35. The number of aryl methyl sites for hydroxylation is 1. The number of amides is 1. The Morgan fingerprint density at radius 2 is 1.66 bits per heavy atom. The van der Waals surface area contributed by atoms with E-state index < -0.39 is 52.1 Å². The quantitative estimate of drug-likeness (QED) is 0.0789. The third kappa shape index (κ3) is 9.13. The van der Waals surface area contributed by atoms with E-state index in [0.29, 0.717) is 45.7 Å². The average molecular weight is 838 g/mol. The number of nitrogens with one attached hydrogen (secondary N) is 3. The van der Waals surface area contributed by atoms with Gasteiger partial charge in [-0.2, -0.15) is 33.9 Å². The van der Waals surface area contributed by atoms with E-state index in [2.05, 4.69) is 30.9 Å². The number of aromatic nitrogens is 5. The predicted molar refractivity (Wildman–Crippen MR) is 210 cm³/mol. The summed E-state index contributed by atoms with van der Waals surface area (Å²) in [4.78, 5) is 30.6. The highest BCUT2D eigenvalue weighted by atomic mass is 19.4. The lowest BCUT2D eigenvalue weighted by Gasteiger charge is -2.33. The van der Waals surface area contributed by atoms with Crippen LogP contribution in [0.25, 0.3) is 10.8 Å². The van der Waals surface area contributed by atoms with E-state index in [1.54, 1.807) is 23.9 Å². The van der Waals surface area contributed by atoms with Gasteiger partial charge in [0.15, 0.2) is 5.60 Å². The van der Waals surface area contributed by atoms with E-state index in [1.807, 2.05) is 18.2 Å². The molecule has 3 N–H and O–H groups in total. The molecule has 0 saturated carbocycles. The average Bonchev–Trinajstić information content (AvgIpc) is 3.68. The number of hydrogen-bond donors (Lipinski definition) is 3. The fourth-order valence-electron chi connectivity index (χ4n) is 6.83. The van der Waals surface area contributed by atoms with Gasteiger partial charge in [0.2, 0.25) is 0 Å². The molecular formula is C42H35F4N9O6. The molecule has 61 heavy (non-hydrogen) atoms. The van der Waals surface area contributed by atoms with Gasteiger partial charge >= 0.3 is 6.18 Å². The summed E-state index contributed by atoms with van der Waals surface area (Å²) in [6.45, 7) is 1.17. The van der Waals surface area contributed by atoms with Crippen molar-refractivity contribution < 1.29 is 41.3 Å². The molecular weight excluding hydrogens is 803 g/mol. The number of H-pyrrole nitrogens is 1. The van der Waals surface area contributed by atoms with Gasteiger partial charge in [0.05, 0.1) is 71.7 Å². The van der Waals surface area contributed by atoms with Crippen LogP contribution < -0.4 is 25.7 Å². The first-order chi connectivity index (χ1) is 29.3. The molecule has 15 nitrogen and oxygen atoms in total. The smallest absolute Gasteiger partial charge is 0.417 e. The number of benzene rings is 4. The maximum Gasteiger partial charge on any atom is 0.417 e. The zero-order valence-corrected chi connectivity index (χ0v) is 32.4. The highest BCUT2D eigenvalue weighted by Gasteiger charge is 2.39. The maximum absolute atomic E-state index is 14.6. The standard InChI is InChI=1S/C42H35F4N9O6/c1-41(22-60-30-9-3-24(20-47)4-10-30,40(57)51-28-8-5-26(21-48)32(19-28)42(44,45)46)61-16-14-58-13-15-59-29-11-6-25(7-12-29)36-35(38-49-23-50-55(38)2)37-34-31(39(56)54-53-37)17-27(43)18-33(34)52-36/h3-12,17-19,23,35-36,52H,13-16,22H2,1-2H3,(H,51,57)(H,54,56)/t35-,36-,41?/m1/s1. The number of carbonyl (C=O) groups excluding carboxylic acids is 1. The van der Waals surface area contributed by atoms with Gasteiger partial charge in [-0.05, 0) is 79.2 Å². The molecule has 0 radical (unpaired) electrons. The van der Waals surface area contributed by atoms with Gasteiger partial charge in [0, 0.05) is 23.8 Å². The number of anilines is 2. The van der Waals surface area contributed by atoms with Crippen molar-refractivity contribution in [3.8, 4) is 23.6 Å². The fourth-order valence-corrected chi connectivity index (χ4v) is 6.83. The molecule has 0 spiro atoms. The van der Waals surface area contributed by atoms with E-state index in [1.165, 1.54) is 61.8 Å². The molecule has 312 valence electrons. The summed E-state index contributed by atoms with van der Waals surface area (Å²) in [7, 11) is 1.74. The molecule has 0 saturated heterocycles. The first-order valence-corrected chi connectivity index (χ1v) is 18.6. The molecule has 19 heteroatoms. The number of rotatable bonds is 15. The van der Waals surface area contributed by atoms with Gasteiger partial charge in [-0.3, -0.25) is 14.3 Å². The van der Waals surface area contributed by atoms with Crippen LogP contribution in [0.4, 0.5) is 28.9 Å². The van der Waals surface area contributed by atoms with E-state index in [9.17, 15) is 27.2 Å². The van der Waals surface area contributed by atoms with Crippen LogP contribution in [0.1, 0.15) is 52.7 Å². The lowest BCUT2D eigenvalue weighted by molar-refractivity contribution is -0.146. The molecule has 1 amide bonds. The number of halogens is 4. The number of aromatic amines is 1. The number of nitriles is 2. The van der Waals surface area contributed by atoms with Crippen molar-refractivity contribution in [2.75, 3.05) is 43.7 Å². The second kappa shape index (κ2) is 17.5. The molecule has 0 fully saturated rings. The number of ether oxygens (including phenoxy) is 4. The minimum Gasteiger partial charge on any atom is -0.491 e. The van der Waals surface area contributed by atoms with Crippen LogP contribution in [0.15, 0.2) is 90.0 Å². The Morgan fingerprint density at radius 3 is 2.34 bits per heavy atom. The summed E-state index contributed by atoms with van der Waals surface area (Å²) in [6, 6.07) is 21.6. The Bertz CT molecular complexity index is 2710. The molecule has 0 bridgehead atoms. The van der Waals surface area contributed by atoms with Crippen LogP contribution >= 0.6 is 0 Å². The van der Waals surface area contributed by atoms with E-state index in [-0.39, 0.29) is 44.1 Å². The predicted octanol–water partition coefficient (Wildman–Crippen LogP) is 6.14. The third-order valence-corrected chi connectivity index (χ3v) is 9.91. The Labute approximate surface area is 344 Å². The molecule has 0 aliphatic carbocycles. The van der Waals surface area contributed by atoms with Gasteiger partial charge in [-0.1, -0.05) is 12.1 Å². The molecule has 1 aliphatic rings. The summed E-state index contributed by atoms with van der Waals surface area (Å²) in [5.41, 5.74) is -2.17. The van der Waals surface area contributed by atoms with E-state index in [4.69, 9.17) is 29.5 Å². The van der Waals surface area contributed by atoms with Crippen LogP contribution in [0, 0.1) is 28.5 Å². The maximum atomic E-state index is 14.6. The van der Waals surface area contributed by atoms with Gasteiger partial charge in [0.25, 0.3) is 11.5 Å². The topological polar surface area (TPSA) is 202 Å². The second-order valence-corrected chi connectivity index (χ2v) is 14.0. The summed E-state index contributed by atoms with van der Waals surface area (Å²) < 4.78 is 80.3. The lowest BCUT2D eigenvalue weighted by Crippen LogP contribution is -2.48. The van der Waals surface area contributed by atoms with Crippen molar-refractivity contribution in [2.45, 2.75) is 30.7 Å². The van der Waals surface area contributed by atoms with Crippen LogP contribution in [0.5, 0.6) is 11.5 Å². The van der Waals surface area contributed by atoms with Gasteiger partial charge in [0.1, 0.15) is 42.7 Å². The number of nitrogens with zero attached hydrogens (tertiary/aromatic N) is 6. The van der Waals surface area contributed by atoms with E-state index in [0.717, 1.165) is 11.6 Å². The molecule has 3 atom stereocenters. The second-order valence-electron chi connectivity index (χ2n) is 14.0. The molecule has 4 aromatic carbocycles. The van der Waals surface area contributed by atoms with Crippen molar-refractivity contribution in [3.05, 3.63) is 135 Å². The van der Waals surface area contributed by atoms with Crippen molar-refractivity contribution >= 4 is 28.1 Å². The highest BCUT2D eigenvalue weighted by Crippen LogP contribution is 2.46. The van der Waals surface area contributed by atoms with Gasteiger partial charge in [-0.25, -0.2) is 14.5 Å². The monoisotopic (exact) mass is 837 g/mol. The largest absolute Gasteiger partial charge is 0.491 e. The zero-order valence-electron chi connectivity index (χ0n) is 32.4. The van der Waals surface area contributed by atoms with Crippen molar-refractivity contribution in [1.82, 2.24) is 25.0 Å². The Kier molecular flexibility index (Phi) is 12.0. The van der Waals surface area contributed by atoms with Crippen molar-refractivity contribution in [2.24, 2.45) is 7.05 Å². The summed E-state index contributed by atoms with van der Waals surface area (Å²) in [6.07, 6.45) is -3.42. The van der Waals surface area contributed by atoms with Crippen LogP contribution in [0.2, 0.25) is 0 Å². The van der Waals surface area contributed by atoms with Gasteiger partial charge in [-0.15, -0.1) is 0 Å².